The minimum atomic E-state index is -0.141. The lowest BCUT2D eigenvalue weighted by Crippen LogP contribution is -2.32. The van der Waals surface area contributed by atoms with Crippen molar-refractivity contribution in [2.75, 3.05) is 19.0 Å². The van der Waals surface area contributed by atoms with E-state index in [-0.39, 0.29) is 18.5 Å². The van der Waals surface area contributed by atoms with Crippen LogP contribution in [0.25, 0.3) is 0 Å². The van der Waals surface area contributed by atoms with E-state index in [1.807, 2.05) is 55.5 Å². The molecule has 0 fully saturated rings. The summed E-state index contributed by atoms with van der Waals surface area (Å²) in [4.78, 5) is 12.1. The highest BCUT2D eigenvalue weighted by atomic mass is 16.5. The van der Waals surface area contributed by atoms with Crippen LogP contribution in [0.15, 0.2) is 48.5 Å². The summed E-state index contributed by atoms with van der Waals surface area (Å²) in [6.45, 7) is 2.10. The first-order valence-electron chi connectivity index (χ1n) is 7.37. The predicted molar refractivity (Wildman–Crippen MR) is 92.4 cm³/mol. The number of benzene rings is 2. The van der Waals surface area contributed by atoms with Gasteiger partial charge in [0.2, 0.25) is 5.91 Å². The Morgan fingerprint density at radius 2 is 2.04 bits per heavy atom. The first-order valence-corrected chi connectivity index (χ1v) is 7.37. The summed E-state index contributed by atoms with van der Waals surface area (Å²) in [5, 5.41) is 6.01. The van der Waals surface area contributed by atoms with Gasteiger partial charge in [-0.1, -0.05) is 30.2 Å². The summed E-state index contributed by atoms with van der Waals surface area (Å²) in [5.41, 5.74) is 2.54. The van der Waals surface area contributed by atoms with E-state index >= 15 is 0 Å². The van der Waals surface area contributed by atoms with E-state index in [1.54, 1.807) is 7.11 Å². The molecule has 2 aromatic carbocycles. The molecule has 1 atom stereocenters. The first-order chi connectivity index (χ1) is 11.1. The van der Waals surface area contributed by atoms with E-state index in [9.17, 15) is 4.79 Å². The lowest BCUT2D eigenvalue weighted by Gasteiger charge is -2.17. The van der Waals surface area contributed by atoms with Crippen molar-refractivity contribution in [3.63, 3.8) is 0 Å². The van der Waals surface area contributed by atoms with Crippen molar-refractivity contribution in [3.05, 3.63) is 59.7 Å². The maximum atomic E-state index is 12.1. The molecule has 0 bridgehead atoms. The molecule has 23 heavy (non-hydrogen) atoms. The zero-order chi connectivity index (χ0) is 16.7. The van der Waals surface area contributed by atoms with Crippen molar-refractivity contribution >= 4 is 11.6 Å². The lowest BCUT2D eigenvalue weighted by molar-refractivity contribution is -0.120. The van der Waals surface area contributed by atoms with Crippen molar-refractivity contribution in [2.45, 2.75) is 13.0 Å². The Morgan fingerprint density at radius 1 is 1.26 bits per heavy atom. The molecule has 0 saturated carbocycles. The van der Waals surface area contributed by atoms with Gasteiger partial charge in [-0.2, -0.15) is 0 Å². The fourth-order valence-corrected chi connectivity index (χ4v) is 2.30. The number of hydrogen-bond donors (Lipinski definition) is 2. The monoisotopic (exact) mass is 308 g/mol. The van der Waals surface area contributed by atoms with Gasteiger partial charge in [0.05, 0.1) is 19.7 Å². The van der Waals surface area contributed by atoms with Crippen LogP contribution in [0.2, 0.25) is 0 Å². The molecule has 0 aliphatic heterocycles. The number of ether oxygens (including phenoxy) is 1. The third-order valence-electron chi connectivity index (χ3n) is 3.47. The summed E-state index contributed by atoms with van der Waals surface area (Å²) in [6.07, 6.45) is 5.36. The lowest BCUT2D eigenvalue weighted by atomic mass is 10.1. The normalized spacial score (nSPS) is 11.2. The number of para-hydroxylation sites is 1. The highest BCUT2D eigenvalue weighted by Gasteiger charge is 2.13. The summed E-state index contributed by atoms with van der Waals surface area (Å²) < 4.78 is 5.32. The quantitative estimate of drug-likeness (QED) is 0.807. The first kappa shape index (κ1) is 16.4. The predicted octanol–water partition coefficient (Wildman–Crippen LogP) is 2.97. The molecule has 0 radical (unpaired) electrons. The Balaban J connectivity index is 1.93. The Labute approximate surface area is 136 Å². The van der Waals surface area contributed by atoms with Crippen molar-refractivity contribution in [1.82, 2.24) is 5.32 Å². The van der Waals surface area contributed by atoms with E-state index in [1.165, 1.54) is 0 Å². The molecule has 0 aliphatic rings. The number of amides is 1. The van der Waals surface area contributed by atoms with E-state index in [2.05, 4.69) is 16.6 Å². The number of carbonyl (C=O) groups excluding carboxylic acids is 1. The Kier molecular flexibility index (Phi) is 5.65. The van der Waals surface area contributed by atoms with Gasteiger partial charge < -0.3 is 15.4 Å². The van der Waals surface area contributed by atoms with E-state index in [4.69, 9.17) is 11.2 Å². The van der Waals surface area contributed by atoms with Crippen molar-refractivity contribution < 1.29 is 9.53 Å². The molecular formula is C19H20N2O2. The van der Waals surface area contributed by atoms with Gasteiger partial charge in [0.25, 0.3) is 0 Å². The molecule has 118 valence electrons. The van der Waals surface area contributed by atoms with Gasteiger partial charge in [-0.05, 0) is 31.2 Å². The second-order valence-corrected chi connectivity index (χ2v) is 5.11. The van der Waals surface area contributed by atoms with Crippen LogP contribution in [0, 0.1) is 12.3 Å². The summed E-state index contributed by atoms with van der Waals surface area (Å²) in [7, 11) is 1.62. The molecule has 2 aromatic rings. The fourth-order valence-electron chi connectivity index (χ4n) is 2.30. The molecule has 2 N–H and O–H groups in total. The van der Waals surface area contributed by atoms with Crippen molar-refractivity contribution in [3.8, 4) is 18.1 Å². The summed E-state index contributed by atoms with van der Waals surface area (Å²) in [5.74, 6) is 3.22. The van der Waals surface area contributed by atoms with Gasteiger partial charge in [-0.15, -0.1) is 6.42 Å². The topological polar surface area (TPSA) is 50.4 Å². The van der Waals surface area contributed by atoms with Crippen LogP contribution in [0.5, 0.6) is 5.75 Å². The van der Waals surface area contributed by atoms with Crippen LogP contribution in [0.4, 0.5) is 5.69 Å². The van der Waals surface area contributed by atoms with E-state index in [0.29, 0.717) is 0 Å². The molecule has 2 rings (SSSR count). The van der Waals surface area contributed by atoms with Crippen LogP contribution >= 0.6 is 0 Å². The number of nitrogens with one attached hydrogen (secondary N) is 2. The van der Waals surface area contributed by atoms with Crippen LogP contribution in [0.3, 0.4) is 0 Å². The average molecular weight is 308 g/mol. The highest BCUT2D eigenvalue weighted by molar-refractivity contribution is 5.81. The van der Waals surface area contributed by atoms with Crippen LogP contribution in [0.1, 0.15) is 24.1 Å². The zero-order valence-corrected chi connectivity index (χ0v) is 13.3. The van der Waals surface area contributed by atoms with Crippen molar-refractivity contribution in [2.24, 2.45) is 0 Å². The third-order valence-corrected chi connectivity index (χ3v) is 3.47. The Morgan fingerprint density at radius 3 is 2.78 bits per heavy atom. The zero-order valence-electron chi connectivity index (χ0n) is 13.3. The van der Waals surface area contributed by atoms with Crippen LogP contribution in [-0.2, 0) is 4.79 Å². The molecule has 1 amide bonds. The number of anilines is 1. The summed E-state index contributed by atoms with van der Waals surface area (Å²) in [6, 6.07) is 14.9. The fraction of sp³-hybridized carbons (Fsp3) is 0.211. The number of rotatable bonds is 6. The maximum Gasteiger partial charge on any atom is 0.239 e. The third kappa shape index (κ3) is 4.52. The van der Waals surface area contributed by atoms with Crippen LogP contribution < -0.4 is 15.4 Å². The maximum absolute atomic E-state index is 12.1. The smallest absolute Gasteiger partial charge is 0.239 e. The van der Waals surface area contributed by atoms with E-state index < -0.39 is 0 Å². The molecule has 0 spiro atoms. The second-order valence-electron chi connectivity index (χ2n) is 5.11. The number of methoxy groups -OCH3 is 1. The van der Waals surface area contributed by atoms with E-state index in [0.717, 1.165) is 22.6 Å². The average Bonchev–Trinajstić information content (AvgIpc) is 2.60. The number of carbonyl (C=O) groups is 1. The Bertz CT molecular complexity index is 719. The molecule has 4 heteroatoms. The standard InChI is InChI=1S/C19H20N2O2/c1-4-15-8-7-9-16(12-15)20-13-19(22)21-14(2)17-10-5-6-11-18(17)23-3/h1,5-12,14,20H,13H2,2-3H3,(H,21,22). The van der Waals surface area contributed by atoms with Crippen LogP contribution in [-0.4, -0.2) is 19.6 Å². The van der Waals surface area contributed by atoms with Gasteiger partial charge in [0.15, 0.2) is 0 Å². The summed E-state index contributed by atoms with van der Waals surface area (Å²) >= 11 is 0. The Hall–Kier alpha value is -2.93. The minimum absolute atomic E-state index is 0.102. The minimum Gasteiger partial charge on any atom is -0.496 e. The van der Waals surface area contributed by atoms with Gasteiger partial charge in [-0.25, -0.2) is 0 Å². The number of hydrogen-bond acceptors (Lipinski definition) is 3. The molecule has 0 saturated heterocycles. The largest absolute Gasteiger partial charge is 0.496 e. The van der Waals surface area contributed by atoms with Gasteiger partial charge in [0, 0.05) is 16.8 Å². The second kappa shape index (κ2) is 7.90. The molecule has 0 aromatic heterocycles. The highest BCUT2D eigenvalue weighted by Crippen LogP contribution is 2.24. The molecule has 4 nitrogen and oxygen atoms in total. The molecular weight excluding hydrogens is 288 g/mol. The number of terminal acetylenes is 1. The molecule has 1 unspecified atom stereocenters. The SMILES string of the molecule is C#Cc1cccc(NCC(=O)NC(C)c2ccccc2OC)c1. The van der Waals surface area contributed by atoms with Gasteiger partial charge >= 0.3 is 0 Å². The van der Waals surface area contributed by atoms with Gasteiger partial charge in [-0.3, -0.25) is 4.79 Å². The van der Waals surface area contributed by atoms with Gasteiger partial charge in [0.1, 0.15) is 5.75 Å². The van der Waals surface area contributed by atoms with Crippen molar-refractivity contribution in [1.29, 1.82) is 0 Å². The molecule has 0 aliphatic carbocycles. The molecule has 0 heterocycles.